The highest BCUT2D eigenvalue weighted by Crippen LogP contribution is 2.29. The van der Waals surface area contributed by atoms with Crippen molar-refractivity contribution in [3.05, 3.63) is 66.7 Å². The average Bonchev–Trinajstić information content (AvgIpc) is 2.86. The van der Waals surface area contributed by atoms with Crippen LogP contribution in [0.3, 0.4) is 0 Å². The van der Waals surface area contributed by atoms with Crippen LogP contribution >= 0.6 is 0 Å². The Balaban J connectivity index is 1.71. The Labute approximate surface area is 210 Å². The Morgan fingerprint density at radius 1 is 0.778 bits per heavy atom. The van der Waals surface area contributed by atoms with Gasteiger partial charge in [0, 0.05) is 25.7 Å². The molecule has 11 nitrogen and oxygen atoms in total. The first-order valence-corrected chi connectivity index (χ1v) is 13.0. The van der Waals surface area contributed by atoms with E-state index in [4.69, 9.17) is 5.11 Å². The molecule has 1 N–H and O–H groups in total. The van der Waals surface area contributed by atoms with Crippen LogP contribution < -0.4 is 4.90 Å². The Kier molecular flexibility index (Phi) is 9.36. The zero-order valence-electron chi connectivity index (χ0n) is 19.1. The molecular formula is C23H23N5O6S2. The Bertz CT molecular complexity index is 1420. The second kappa shape index (κ2) is 12.7. The van der Waals surface area contributed by atoms with E-state index in [0.717, 1.165) is 5.69 Å². The molecule has 0 radical (unpaired) electrons. The summed E-state index contributed by atoms with van der Waals surface area (Å²) in [4.78, 5) is 12.7. The van der Waals surface area contributed by atoms with Crippen LogP contribution in [0.5, 0.6) is 0 Å². The van der Waals surface area contributed by atoms with Gasteiger partial charge >= 0.3 is 5.97 Å². The van der Waals surface area contributed by atoms with Gasteiger partial charge in [-0.1, -0.05) is 0 Å². The largest absolute Gasteiger partial charge is 0.481 e. The molecule has 3 aromatic carbocycles. The van der Waals surface area contributed by atoms with Gasteiger partial charge in [0.25, 0.3) is 0 Å². The molecule has 0 amide bonds. The van der Waals surface area contributed by atoms with Crippen LogP contribution in [0.2, 0.25) is 0 Å². The van der Waals surface area contributed by atoms with E-state index in [1.807, 2.05) is 24.1 Å². The lowest BCUT2D eigenvalue weighted by atomic mass is 10.2. The third-order valence-electron chi connectivity index (χ3n) is 4.95. The van der Waals surface area contributed by atoms with Crippen molar-refractivity contribution in [2.75, 3.05) is 18.5 Å². The summed E-state index contributed by atoms with van der Waals surface area (Å²) in [6.45, 7) is 0.587. The number of carboxylic acid groups (broad SMARTS) is 1. The lowest BCUT2D eigenvalue weighted by Gasteiger charge is -2.18. The molecule has 0 saturated heterocycles. The minimum atomic E-state index is -2.99. The van der Waals surface area contributed by atoms with E-state index in [1.165, 1.54) is 42.5 Å². The molecule has 0 fully saturated rings. The monoisotopic (exact) mass is 529 g/mol. The predicted molar refractivity (Wildman–Crippen MR) is 135 cm³/mol. The number of carbonyl (C=O) groups is 1. The molecule has 0 aliphatic heterocycles. The summed E-state index contributed by atoms with van der Waals surface area (Å²) in [5, 5.41) is 24.9. The van der Waals surface area contributed by atoms with E-state index in [1.54, 1.807) is 12.1 Å². The molecular weight excluding hydrogens is 506 g/mol. The third kappa shape index (κ3) is 7.78. The van der Waals surface area contributed by atoms with Crippen molar-refractivity contribution in [2.45, 2.75) is 22.6 Å². The number of hydrogen-bond acceptors (Lipinski definition) is 10. The van der Waals surface area contributed by atoms with Crippen LogP contribution in [0, 0.1) is 0 Å². The van der Waals surface area contributed by atoms with E-state index in [-0.39, 0.29) is 27.6 Å². The Hall–Kier alpha value is -3.97. The lowest BCUT2D eigenvalue weighted by molar-refractivity contribution is -0.137. The summed E-state index contributed by atoms with van der Waals surface area (Å²) in [7, 11) is -3.81. The highest BCUT2D eigenvalue weighted by molar-refractivity contribution is 7.72. The van der Waals surface area contributed by atoms with E-state index >= 15 is 0 Å². The Morgan fingerprint density at radius 3 is 1.92 bits per heavy atom. The van der Waals surface area contributed by atoms with Crippen molar-refractivity contribution >= 4 is 55.8 Å². The van der Waals surface area contributed by atoms with Crippen LogP contribution in [0.4, 0.5) is 28.4 Å². The van der Waals surface area contributed by atoms with Gasteiger partial charge < -0.3 is 10.0 Å². The minimum Gasteiger partial charge on any atom is -0.481 e. The lowest BCUT2D eigenvalue weighted by Crippen LogP contribution is -2.19. The van der Waals surface area contributed by atoms with Gasteiger partial charge in [0.2, 0.25) is 0 Å². The molecule has 0 unspecified atom stereocenters. The molecule has 36 heavy (non-hydrogen) atoms. The van der Waals surface area contributed by atoms with E-state index < -0.39 is 27.4 Å². The summed E-state index contributed by atoms with van der Waals surface area (Å²) in [6, 6.07) is 17.2. The molecule has 0 spiro atoms. The van der Waals surface area contributed by atoms with Crippen LogP contribution in [0.25, 0.3) is 0 Å². The molecule has 0 aliphatic rings. The molecule has 0 bridgehead atoms. The number of rotatable bonds is 11. The van der Waals surface area contributed by atoms with Gasteiger partial charge in [-0.15, -0.1) is 5.11 Å². The first-order valence-electron chi connectivity index (χ1n) is 10.6. The zero-order chi connectivity index (χ0) is 26.1. The fourth-order valence-electron chi connectivity index (χ4n) is 3.04. The summed E-state index contributed by atoms with van der Waals surface area (Å²) in [5.74, 6) is -0.832. The number of benzene rings is 3. The van der Waals surface area contributed by atoms with Gasteiger partial charge in [-0.05, 0) is 73.2 Å². The minimum absolute atomic E-state index is 0.0707. The molecule has 0 aliphatic carbocycles. The van der Waals surface area contributed by atoms with Crippen molar-refractivity contribution in [1.82, 2.24) is 0 Å². The summed E-state index contributed by atoms with van der Waals surface area (Å²) in [6.07, 6.45) is 0.621. The maximum atomic E-state index is 11.8. The molecule has 0 aromatic heterocycles. The van der Waals surface area contributed by atoms with Crippen molar-refractivity contribution in [1.29, 1.82) is 0 Å². The third-order valence-corrected chi connectivity index (χ3v) is 6.42. The SMILES string of the molecule is CN(CCCC(=O)O)c1ccc(/N=N/c2ccc(/N=N/c3ccc([SH](=O)=O)cc3)cc2[SH](=O)=O)cc1. The Morgan fingerprint density at radius 2 is 1.33 bits per heavy atom. The van der Waals surface area contributed by atoms with Crippen LogP contribution in [0.15, 0.2) is 97.0 Å². The second-order valence-electron chi connectivity index (χ2n) is 7.54. The number of nitrogens with zero attached hydrogens (tertiary/aromatic N) is 5. The number of thiol groups is 2. The fourth-order valence-corrected chi connectivity index (χ4v) is 3.98. The number of hydrogen-bond donors (Lipinski definition) is 3. The van der Waals surface area contributed by atoms with Gasteiger partial charge in [0.15, 0.2) is 21.4 Å². The number of aliphatic carboxylic acids is 1. The van der Waals surface area contributed by atoms with Crippen LogP contribution in [0.1, 0.15) is 12.8 Å². The summed E-state index contributed by atoms with van der Waals surface area (Å²) in [5.41, 5.74) is 2.22. The molecule has 3 aromatic rings. The molecule has 0 heterocycles. The van der Waals surface area contributed by atoms with Gasteiger partial charge in [-0.3, -0.25) is 4.79 Å². The van der Waals surface area contributed by atoms with Gasteiger partial charge in [-0.2, -0.15) is 15.3 Å². The molecule has 188 valence electrons. The topological polar surface area (TPSA) is 158 Å². The fraction of sp³-hybridized carbons (Fsp3) is 0.174. The quantitative estimate of drug-likeness (QED) is 0.239. The van der Waals surface area contributed by atoms with Crippen LogP contribution in [-0.2, 0) is 26.2 Å². The smallest absolute Gasteiger partial charge is 0.303 e. The average molecular weight is 530 g/mol. The first-order chi connectivity index (χ1) is 17.2. The predicted octanol–water partition coefficient (Wildman–Crippen LogP) is 4.76. The number of azo groups is 2. The molecule has 0 saturated carbocycles. The van der Waals surface area contributed by atoms with Crippen LogP contribution in [-0.4, -0.2) is 41.5 Å². The molecule has 3 rings (SSSR count). The maximum Gasteiger partial charge on any atom is 0.303 e. The number of carboxylic acids is 1. The maximum absolute atomic E-state index is 11.8. The second-order valence-corrected chi connectivity index (χ2v) is 9.57. The first kappa shape index (κ1) is 26.6. The van der Waals surface area contributed by atoms with Crippen molar-refractivity contribution in [3.63, 3.8) is 0 Å². The van der Waals surface area contributed by atoms with Crippen molar-refractivity contribution < 1.29 is 26.7 Å². The van der Waals surface area contributed by atoms with Crippen molar-refractivity contribution in [3.8, 4) is 0 Å². The molecule has 0 atom stereocenters. The summed E-state index contributed by atoms with van der Waals surface area (Å²) < 4.78 is 45.5. The van der Waals surface area contributed by atoms with E-state index in [2.05, 4.69) is 20.5 Å². The normalized spacial score (nSPS) is 11.6. The van der Waals surface area contributed by atoms with E-state index in [0.29, 0.717) is 24.3 Å². The van der Waals surface area contributed by atoms with E-state index in [9.17, 15) is 21.6 Å². The highest BCUT2D eigenvalue weighted by atomic mass is 32.2. The standard InChI is InChI=1S/C23H23N5O6S2/c1-28(14-2-3-23(29)30)19-9-4-16(5-10-19)25-27-21-13-8-18(15-22(21)36(33)34)26-24-17-6-11-20(12-7-17)35(31)32/h4-13,15,35-36H,2-3,14H2,1H3,(H,29,30)/b26-24+,27-25+. The zero-order valence-corrected chi connectivity index (χ0v) is 20.9. The molecule has 13 heteroatoms. The summed E-state index contributed by atoms with van der Waals surface area (Å²) >= 11 is 0. The highest BCUT2D eigenvalue weighted by Gasteiger charge is 2.07. The van der Waals surface area contributed by atoms with Gasteiger partial charge in [0.1, 0.15) is 5.69 Å². The van der Waals surface area contributed by atoms with Gasteiger partial charge in [0.05, 0.1) is 26.9 Å². The van der Waals surface area contributed by atoms with Crippen molar-refractivity contribution in [2.24, 2.45) is 20.5 Å². The number of anilines is 1. The van der Waals surface area contributed by atoms with Gasteiger partial charge in [-0.25, -0.2) is 16.8 Å².